The molecule has 21 heavy (non-hydrogen) atoms. The molecular weight excluding hydrogens is 280 g/mol. The summed E-state index contributed by atoms with van der Waals surface area (Å²) < 4.78 is 0. The summed E-state index contributed by atoms with van der Waals surface area (Å²) in [7, 11) is 0. The Morgan fingerprint density at radius 3 is 2.52 bits per heavy atom. The van der Waals surface area contributed by atoms with E-state index in [1.54, 1.807) is 12.1 Å². The number of rotatable bonds is 6. The standard InChI is InChI=1S/C17H22N2OS/c1-3-19(13-7-5-8-14(20)11-13)16-9-6-10-17(21-4-2)15(16)12-18/h5-11,20H,3-4,12,18H2,1-2H3. The van der Waals surface area contributed by atoms with Crippen molar-refractivity contribution in [3.8, 4) is 5.75 Å². The number of nitrogens with two attached hydrogens (primary N) is 1. The predicted octanol–water partition coefficient (Wildman–Crippen LogP) is 4.12. The highest BCUT2D eigenvalue weighted by Gasteiger charge is 2.14. The van der Waals surface area contributed by atoms with Gasteiger partial charge in [0.15, 0.2) is 0 Å². The lowest BCUT2D eigenvalue weighted by molar-refractivity contribution is 0.475. The van der Waals surface area contributed by atoms with Crippen LogP contribution in [0.25, 0.3) is 0 Å². The molecule has 0 aliphatic carbocycles. The molecule has 0 heterocycles. The number of phenolic OH excluding ortho intramolecular Hbond substituents is 1. The van der Waals surface area contributed by atoms with E-state index in [1.165, 1.54) is 4.90 Å². The number of thioether (sulfide) groups is 1. The predicted molar refractivity (Wildman–Crippen MR) is 91.5 cm³/mol. The van der Waals surface area contributed by atoms with E-state index in [0.717, 1.165) is 29.2 Å². The van der Waals surface area contributed by atoms with E-state index in [1.807, 2.05) is 23.9 Å². The zero-order chi connectivity index (χ0) is 15.2. The van der Waals surface area contributed by atoms with Gasteiger partial charge in [0.2, 0.25) is 0 Å². The highest BCUT2D eigenvalue weighted by atomic mass is 32.2. The van der Waals surface area contributed by atoms with Crippen molar-refractivity contribution in [1.29, 1.82) is 0 Å². The second kappa shape index (κ2) is 7.38. The second-order valence-electron chi connectivity index (χ2n) is 4.66. The van der Waals surface area contributed by atoms with Crippen LogP contribution in [-0.4, -0.2) is 17.4 Å². The molecule has 2 rings (SSSR count). The van der Waals surface area contributed by atoms with Gasteiger partial charge in [0.1, 0.15) is 5.75 Å². The summed E-state index contributed by atoms with van der Waals surface area (Å²) in [4.78, 5) is 3.41. The van der Waals surface area contributed by atoms with Gasteiger partial charge in [-0.1, -0.05) is 19.1 Å². The molecule has 2 aromatic rings. The van der Waals surface area contributed by atoms with Crippen molar-refractivity contribution in [3.05, 3.63) is 48.0 Å². The van der Waals surface area contributed by atoms with Gasteiger partial charge in [-0.3, -0.25) is 0 Å². The van der Waals surface area contributed by atoms with Gasteiger partial charge in [0.25, 0.3) is 0 Å². The molecule has 0 unspecified atom stereocenters. The summed E-state index contributed by atoms with van der Waals surface area (Å²) >= 11 is 1.81. The lowest BCUT2D eigenvalue weighted by atomic mass is 10.1. The quantitative estimate of drug-likeness (QED) is 0.788. The van der Waals surface area contributed by atoms with E-state index in [0.29, 0.717) is 6.54 Å². The smallest absolute Gasteiger partial charge is 0.117 e. The molecule has 0 saturated carbocycles. The number of hydrogen-bond acceptors (Lipinski definition) is 4. The summed E-state index contributed by atoms with van der Waals surface area (Å²) in [5.41, 5.74) is 9.25. The maximum Gasteiger partial charge on any atom is 0.117 e. The van der Waals surface area contributed by atoms with Crippen molar-refractivity contribution in [2.45, 2.75) is 25.3 Å². The molecule has 0 aliphatic rings. The van der Waals surface area contributed by atoms with E-state index >= 15 is 0 Å². The number of phenols is 1. The van der Waals surface area contributed by atoms with Crippen LogP contribution in [0.2, 0.25) is 0 Å². The van der Waals surface area contributed by atoms with Crippen LogP contribution in [0.4, 0.5) is 11.4 Å². The maximum atomic E-state index is 9.71. The second-order valence-corrected chi connectivity index (χ2v) is 5.96. The molecule has 0 fully saturated rings. The molecule has 0 aliphatic heterocycles. The highest BCUT2D eigenvalue weighted by molar-refractivity contribution is 7.99. The Balaban J connectivity index is 2.49. The average molecular weight is 302 g/mol. The van der Waals surface area contributed by atoms with Crippen LogP contribution in [0.15, 0.2) is 47.4 Å². The van der Waals surface area contributed by atoms with Gasteiger partial charge in [-0.25, -0.2) is 0 Å². The van der Waals surface area contributed by atoms with Gasteiger partial charge in [-0.05, 0) is 36.9 Å². The van der Waals surface area contributed by atoms with Gasteiger partial charge in [-0.15, -0.1) is 11.8 Å². The van der Waals surface area contributed by atoms with Gasteiger partial charge < -0.3 is 15.7 Å². The molecule has 0 aromatic heterocycles. The molecule has 0 radical (unpaired) electrons. The molecular formula is C17H22N2OS. The molecule has 0 saturated heterocycles. The Labute approximate surface area is 130 Å². The first kappa shape index (κ1) is 15.7. The number of anilines is 2. The molecule has 0 atom stereocenters. The summed E-state index contributed by atoms with van der Waals surface area (Å²) in [6.45, 7) is 5.57. The largest absolute Gasteiger partial charge is 0.508 e. The zero-order valence-corrected chi connectivity index (χ0v) is 13.4. The topological polar surface area (TPSA) is 49.5 Å². The minimum Gasteiger partial charge on any atom is -0.508 e. The third-order valence-corrected chi connectivity index (χ3v) is 4.34. The third-order valence-electron chi connectivity index (χ3n) is 3.36. The average Bonchev–Trinajstić information content (AvgIpc) is 2.49. The Morgan fingerprint density at radius 2 is 1.90 bits per heavy atom. The monoisotopic (exact) mass is 302 g/mol. The molecule has 0 spiro atoms. The Hall–Kier alpha value is -1.65. The van der Waals surface area contributed by atoms with Gasteiger partial charge in [0, 0.05) is 41.0 Å². The van der Waals surface area contributed by atoms with Crippen LogP contribution in [-0.2, 0) is 6.54 Å². The van der Waals surface area contributed by atoms with E-state index < -0.39 is 0 Å². The van der Waals surface area contributed by atoms with E-state index in [-0.39, 0.29) is 5.75 Å². The number of benzene rings is 2. The Bertz CT molecular complexity index is 601. The SMILES string of the molecule is CCSc1cccc(N(CC)c2cccc(O)c2)c1CN. The molecule has 0 amide bonds. The summed E-state index contributed by atoms with van der Waals surface area (Å²) in [5, 5.41) is 9.71. The van der Waals surface area contributed by atoms with Crippen molar-refractivity contribution in [1.82, 2.24) is 0 Å². The molecule has 2 aromatic carbocycles. The normalized spacial score (nSPS) is 10.6. The van der Waals surface area contributed by atoms with E-state index in [9.17, 15) is 5.11 Å². The van der Waals surface area contributed by atoms with Crippen LogP contribution >= 0.6 is 11.8 Å². The van der Waals surface area contributed by atoms with Crippen molar-refractivity contribution < 1.29 is 5.11 Å². The van der Waals surface area contributed by atoms with Gasteiger partial charge in [-0.2, -0.15) is 0 Å². The lowest BCUT2D eigenvalue weighted by Gasteiger charge is -2.27. The third kappa shape index (κ3) is 3.52. The van der Waals surface area contributed by atoms with Crippen LogP contribution in [0, 0.1) is 0 Å². The first-order valence-corrected chi connectivity index (χ1v) is 8.21. The molecule has 112 valence electrons. The van der Waals surface area contributed by atoms with Crippen LogP contribution in [0.1, 0.15) is 19.4 Å². The minimum atomic E-state index is 0.277. The summed E-state index contributed by atoms with van der Waals surface area (Å²) in [6.07, 6.45) is 0. The highest BCUT2D eigenvalue weighted by Crippen LogP contribution is 2.35. The minimum absolute atomic E-state index is 0.277. The fourth-order valence-corrected chi connectivity index (χ4v) is 3.30. The van der Waals surface area contributed by atoms with Crippen molar-refractivity contribution in [2.75, 3.05) is 17.2 Å². The number of nitrogens with zero attached hydrogens (tertiary/aromatic N) is 1. The van der Waals surface area contributed by atoms with Crippen LogP contribution in [0.5, 0.6) is 5.75 Å². The first-order valence-electron chi connectivity index (χ1n) is 7.22. The van der Waals surface area contributed by atoms with Crippen molar-refractivity contribution >= 4 is 23.1 Å². The van der Waals surface area contributed by atoms with E-state index in [4.69, 9.17) is 5.73 Å². The van der Waals surface area contributed by atoms with E-state index in [2.05, 4.69) is 36.9 Å². The Kier molecular flexibility index (Phi) is 5.53. The first-order chi connectivity index (χ1) is 10.2. The van der Waals surface area contributed by atoms with Crippen molar-refractivity contribution in [2.24, 2.45) is 5.73 Å². The lowest BCUT2D eigenvalue weighted by Crippen LogP contribution is -2.19. The fraction of sp³-hybridized carbons (Fsp3) is 0.294. The van der Waals surface area contributed by atoms with Crippen molar-refractivity contribution in [3.63, 3.8) is 0 Å². The molecule has 3 N–H and O–H groups in total. The fourth-order valence-electron chi connectivity index (χ4n) is 2.46. The van der Waals surface area contributed by atoms with Crippen LogP contribution in [0.3, 0.4) is 0 Å². The number of hydrogen-bond donors (Lipinski definition) is 2. The summed E-state index contributed by atoms with van der Waals surface area (Å²) in [5.74, 6) is 1.30. The number of aromatic hydroxyl groups is 1. The molecule has 3 nitrogen and oxygen atoms in total. The van der Waals surface area contributed by atoms with Gasteiger partial charge in [0.05, 0.1) is 0 Å². The van der Waals surface area contributed by atoms with Crippen LogP contribution < -0.4 is 10.6 Å². The zero-order valence-electron chi connectivity index (χ0n) is 12.5. The molecule has 0 bridgehead atoms. The molecule has 4 heteroatoms. The summed E-state index contributed by atoms with van der Waals surface area (Å²) in [6, 6.07) is 13.6. The maximum absolute atomic E-state index is 9.71. The van der Waals surface area contributed by atoms with Gasteiger partial charge >= 0.3 is 0 Å². The Morgan fingerprint density at radius 1 is 1.14 bits per heavy atom.